The molecule has 168 valence electrons. The fraction of sp³-hybridized carbons (Fsp3) is 0.840. The highest BCUT2D eigenvalue weighted by molar-refractivity contribution is 5.89. The molecule has 5 atom stereocenters. The molecule has 31 heavy (non-hydrogen) atoms. The van der Waals surface area contributed by atoms with Crippen molar-refractivity contribution in [3.63, 3.8) is 0 Å². The van der Waals surface area contributed by atoms with Crippen LogP contribution in [0.5, 0.6) is 0 Å². The van der Waals surface area contributed by atoms with Gasteiger partial charge in [0.2, 0.25) is 11.7 Å². The summed E-state index contributed by atoms with van der Waals surface area (Å²) in [5, 5.41) is 39.2. The Morgan fingerprint density at radius 2 is 1.58 bits per heavy atom. The van der Waals surface area contributed by atoms with Crippen LogP contribution in [0.2, 0.25) is 0 Å². The first-order valence-corrected chi connectivity index (χ1v) is 12.2. The monoisotopic (exact) mass is 424 g/mol. The molecule has 3 aliphatic rings. The first-order valence-electron chi connectivity index (χ1n) is 12.2. The molecule has 2 saturated heterocycles. The molecule has 0 spiro atoms. The lowest BCUT2D eigenvalue weighted by atomic mass is 9.51. The van der Waals surface area contributed by atoms with Crippen LogP contribution < -0.4 is 0 Å². The van der Waals surface area contributed by atoms with E-state index < -0.39 is 28.6 Å². The highest BCUT2D eigenvalue weighted by atomic mass is 16.7. The minimum Gasteiger partial charge on any atom is -0.447 e. The van der Waals surface area contributed by atoms with Gasteiger partial charge in [0.25, 0.3) is 0 Å². The Morgan fingerprint density at radius 3 is 2.16 bits per heavy atom. The Hall–Kier alpha value is -2.10. The second kappa shape index (κ2) is 9.58. The van der Waals surface area contributed by atoms with Crippen LogP contribution in [0, 0.1) is 62.1 Å². The molecule has 3 fully saturated rings. The fourth-order valence-corrected chi connectivity index (χ4v) is 6.04. The highest BCUT2D eigenvalue weighted by Crippen LogP contribution is 2.67. The number of nitrogens with one attached hydrogen (secondary N) is 1. The molecule has 3 rings (SSSR count). The Bertz CT molecular complexity index is 777. The first-order chi connectivity index (χ1) is 15.0. The van der Waals surface area contributed by atoms with Gasteiger partial charge in [-0.15, -0.1) is 0 Å². The lowest BCUT2D eigenvalue weighted by Gasteiger charge is -2.52. The molecule has 6 heteroatoms. The van der Waals surface area contributed by atoms with E-state index in [0.29, 0.717) is 25.2 Å². The van der Waals surface area contributed by atoms with Crippen molar-refractivity contribution in [2.45, 2.75) is 109 Å². The largest absolute Gasteiger partial charge is 0.447 e. The zero-order valence-corrected chi connectivity index (χ0v) is 19.1. The zero-order chi connectivity index (χ0) is 22.5. The van der Waals surface area contributed by atoms with Crippen molar-refractivity contribution >= 4 is 5.90 Å². The van der Waals surface area contributed by atoms with Crippen molar-refractivity contribution in [1.82, 2.24) is 0 Å². The molecule has 2 aliphatic heterocycles. The summed E-state index contributed by atoms with van der Waals surface area (Å²) in [5.41, 5.74) is -3.26. The standard InChI is InChI=1S/C25H36N4O2/c1-3-4-5-6-7-8-9-10-11-12-21-23(16-26,17-27)24(18-28)20-15-19(2)13-14-25(20,30-21)31-22(24)29/h19-21,29H,3-15H2,1-2H3. The average Bonchev–Trinajstić information content (AvgIpc) is 2.97. The van der Waals surface area contributed by atoms with Gasteiger partial charge in [0.05, 0.1) is 30.2 Å². The van der Waals surface area contributed by atoms with E-state index in [1.54, 1.807) is 0 Å². The minimum atomic E-state index is -1.71. The van der Waals surface area contributed by atoms with E-state index in [9.17, 15) is 15.8 Å². The van der Waals surface area contributed by atoms with Crippen molar-refractivity contribution in [2.24, 2.45) is 22.7 Å². The van der Waals surface area contributed by atoms with E-state index in [2.05, 4.69) is 32.1 Å². The lowest BCUT2D eigenvalue weighted by molar-refractivity contribution is -0.296. The maximum absolute atomic E-state index is 10.3. The molecule has 1 N–H and O–H groups in total. The van der Waals surface area contributed by atoms with Gasteiger partial charge in [-0.2, -0.15) is 15.8 Å². The zero-order valence-electron chi connectivity index (χ0n) is 19.1. The fourth-order valence-electron chi connectivity index (χ4n) is 6.04. The molecule has 1 aliphatic carbocycles. The quantitative estimate of drug-likeness (QED) is 0.433. The number of nitrogens with zero attached hydrogens (tertiary/aromatic N) is 3. The number of hydrogen-bond acceptors (Lipinski definition) is 6. The van der Waals surface area contributed by atoms with E-state index >= 15 is 0 Å². The van der Waals surface area contributed by atoms with Crippen molar-refractivity contribution in [3.8, 4) is 18.2 Å². The molecule has 6 nitrogen and oxygen atoms in total. The number of rotatable bonds is 10. The summed E-state index contributed by atoms with van der Waals surface area (Å²) < 4.78 is 12.4. The Morgan fingerprint density at radius 1 is 0.968 bits per heavy atom. The number of hydrogen-bond donors (Lipinski definition) is 1. The van der Waals surface area contributed by atoms with Crippen LogP contribution in [-0.2, 0) is 9.47 Å². The van der Waals surface area contributed by atoms with Gasteiger partial charge in [-0.1, -0.05) is 71.6 Å². The van der Waals surface area contributed by atoms with Gasteiger partial charge in [-0.25, -0.2) is 0 Å². The second-order valence-corrected chi connectivity index (χ2v) is 9.85. The van der Waals surface area contributed by atoms with Crippen molar-refractivity contribution < 1.29 is 9.47 Å². The maximum atomic E-state index is 10.3. The molecule has 0 aromatic heterocycles. The smallest absolute Gasteiger partial charge is 0.217 e. The van der Waals surface area contributed by atoms with E-state index in [4.69, 9.17) is 14.9 Å². The summed E-state index contributed by atoms with van der Waals surface area (Å²) in [6.07, 6.45) is 12.6. The van der Waals surface area contributed by atoms with Crippen molar-refractivity contribution in [1.29, 1.82) is 21.2 Å². The highest BCUT2D eigenvalue weighted by Gasteiger charge is 2.80. The molecule has 2 bridgehead atoms. The second-order valence-electron chi connectivity index (χ2n) is 9.85. The number of ether oxygens (including phenoxy) is 2. The molecule has 0 aromatic carbocycles. The van der Waals surface area contributed by atoms with Crippen LogP contribution in [0.25, 0.3) is 0 Å². The topological polar surface area (TPSA) is 114 Å². The Labute approximate surface area is 187 Å². The normalized spacial score (nSPS) is 35.3. The summed E-state index contributed by atoms with van der Waals surface area (Å²) in [5.74, 6) is -1.37. The van der Waals surface area contributed by atoms with Crippen LogP contribution in [0.4, 0.5) is 0 Å². The van der Waals surface area contributed by atoms with Gasteiger partial charge in [0, 0.05) is 6.42 Å². The maximum Gasteiger partial charge on any atom is 0.217 e. The summed E-state index contributed by atoms with van der Waals surface area (Å²) in [4.78, 5) is 0. The van der Waals surface area contributed by atoms with Crippen molar-refractivity contribution in [3.05, 3.63) is 0 Å². The molecule has 1 saturated carbocycles. The minimum absolute atomic E-state index is 0.244. The summed E-state index contributed by atoms with van der Waals surface area (Å²) in [7, 11) is 0. The molecule has 0 aromatic rings. The molecular formula is C25H36N4O2. The summed E-state index contributed by atoms with van der Waals surface area (Å²) in [6.45, 7) is 4.33. The average molecular weight is 425 g/mol. The van der Waals surface area contributed by atoms with Crippen molar-refractivity contribution in [2.75, 3.05) is 0 Å². The van der Waals surface area contributed by atoms with Gasteiger partial charge in [-0.05, 0) is 25.2 Å². The third-order valence-electron chi connectivity index (χ3n) is 7.86. The van der Waals surface area contributed by atoms with Gasteiger partial charge in [0.15, 0.2) is 10.8 Å². The van der Waals surface area contributed by atoms with Crippen LogP contribution in [0.3, 0.4) is 0 Å². The van der Waals surface area contributed by atoms with Crippen LogP contribution in [-0.4, -0.2) is 17.8 Å². The van der Waals surface area contributed by atoms with E-state index in [0.717, 1.165) is 25.7 Å². The van der Waals surface area contributed by atoms with Gasteiger partial charge < -0.3 is 9.47 Å². The molecule has 5 unspecified atom stereocenters. The predicted octanol–water partition coefficient (Wildman–Crippen LogP) is 5.99. The first kappa shape index (κ1) is 23.6. The van der Waals surface area contributed by atoms with Crippen LogP contribution in [0.1, 0.15) is 97.3 Å². The number of unbranched alkanes of at least 4 members (excludes halogenated alkanes) is 8. The predicted molar refractivity (Wildman–Crippen MR) is 116 cm³/mol. The lowest BCUT2D eigenvalue weighted by Crippen LogP contribution is -2.63. The molecule has 0 amide bonds. The third kappa shape index (κ3) is 3.72. The van der Waals surface area contributed by atoms with Gasteiger partial charge in [0.1, 0.15) is 0 Å². The van der Waals surface area contributed by atoms with Gasteiger partial charge >= 0.3 is 0 Å². The molecule has 2 heterocycles. The Kier molecular flexibility index (Phi) is 7.28. The van der Waals surface area contributed by atoms with Crippen LogP contribution >= 0.6 is 0 Å². The van der Waals surface area contributed by atoms with E-state index in [-0.39, 0.29) is 5.90 Å². The summed E-state index contributed by atoms with van der Waals surface area (Å²) in [6, 6.07) is 6.58. The van der Waals surface area contributed by atoms with E-state index in [1.165, 1.54) is 38.5 Å². The van der Waals surface area contributed by atoms with Gasteiger partial charge in [-0.3, -0.25) is 5.41 Å². The van der Waals surface area contributed by atoms with E-state index in [1.807, 2.05) is 0 Å². The number of nitriles is 3. The molecule has 0 radical (unpaired) electrons. The molecular weight excluding hydrogens is 388 g/mol. The Balaban J connectivity index is 1.71. The van der Waals surface area contributed by atoms with Crippen LogP contribution in [0.15, 0.2) is 0 Å². The third-order valence-corrected chi connectivity index (χ3v) is 7.86. The SMILES string of the molecule is CCCCCCCCCCCC1OC23CCC(C)CC2C(C#N)(C(=N)O3)C1(C#N)C#N. The summed E-state index contributed by atoms with van der Waals surface area (Å²) >= 11 is 0.